The molecule has 0 saturated carbocycles. The van der Waals surface area contributed by atoms with E-state index in [9.17, 15) is 9.90 Å². The third kappa shape index (κ3) is 1.99. The molecule has 0 aliphatic carbocycles. The maximum absolute atomic E-state index is 11.9. The van der Waals surface area contributed by atoms with Gasteiger partial charge in [0.1, 0.15) is 12.4 Å². The van der Waals surface area contributed by atoms with E-state index >= 15 is 0 Å². The molecular formula is C16H12O3. The summed E-state index contributed by atoms with van der Waals surface area (Å²) in [7, 11) is 0. The van der Waals surface area contributed by atoms with Crippen molar-refractivity contribution >= 4 is 17.1 Å². The minimum absolute atomic E-state index is 0.0878. The number of para-hydroxylation sites is 1. The number of esters is 1. The second-order valence-electron chi connectivity index (χ2n) is 4.31. The van der Waals surface area contributed by atoms with E-state index in [-0.39, 0.29) is 18.3 Å². The Morgan fingerprint density at radius 3 is 2.37 bits per heavy atom. The Hall–Kier alpha value is -2.55. The molecule has 1 N–H and O–H groups in total. The van der Waals surface area contributed by atoms with Crippen molar-refractivity contribution in [3.05, 3.63) is 65.7 Å². The lowest BCUT2D eigenvalue weighted by Crippen LogP contribution is -1.98. The average Bonchev–Trinajstić information content (AvgIpc) is 2.82. The number of hydrogen-bond acceptors (Lipinski definition) is 3. The van der Waals surface area contributed by atoms with Crippen LogP contribution < -0.4 is 0 Å². The fourth-order valence-electron chi connectivity index (χ4n) is 2.23. The molecule has 0 amide bonds. The molecule has 94 valence electrons. The number of phenols is 1. The monoisotopic (exact) mass is 252 g/mol. The number of carbonyl (C=O) groups excluding carboxylic acids is 1. The summed E-state index contributed by atoms with van der Waals surface area (Å²) in [5, 5.41) is 9.91. The van der Waals surface area contributed by atoms with Crippen LogP contribution in [0.2, 0.25) is 0 Å². The Morgan fingerprint density at radius 2 is 1.63 bits per heavy atom. The third-order valence-electron chi connectivity index (χ3n) is 3.15. The second-order valence-corrected chi connectivity index (χ2v) is 4.31. The van der Waals surface area contributed by atoms with Gasteiger partial charge in [-0.2, -0.15) is 0 Å². The fourth-order valence-corrected chi connectivity index (χ4v) is 2.23. The van der Waals surface area contributed by atoms with Gasteiger partial charge >= 0.3 is 5.97 Å². The summed E-state index contributed by atoms with van der Waals surface area (Å²) in [5.41, 5.74) is 2.71. The van der Waals surface area contributed by atoms with Crippen LogP contribution >= 0.6 is 0 Å². The first-order valence-corrected chi connectivity index (χ1v) is 6.01. The molecule has 0 atom stereocenters. The lowest BCUT2D eigenvalue weighted by Gasteiger charge is -2.06. The molecule has 3 nitrogen and oxygen atoms in total. The largest absolute Gasteiger partial charge is 0.507 e. The molecule has 2 aromatic carbocycles. The van der Waals surface area contributed by atoms with E-state index in [1.807, 2.05) is 30.3 Å². The van der Waals surface area contributed by atoms with Crippen molar-refractivity contribution in [1.82, 2.24) is 0 Å². The maximum atomic E-state index is 11.9. The van der Waals surface area contributed by atoms with E-state index in [1.165, 1.54) is 0 Å². The molecule has 0 saturated heterocycles. The fraction of sp³-hybridized carbons (Fsp3) is 0.0625. The Balaban J connectivity index is 2.20. The molecule has 0 radical (unpaired) electrons. The topological polar surface area (TPSA) is 46.5 Å². The van der Waals surface area contributed by atoms with Crippen molar-refractivity contribution in [1.29, 1.82) is 0 Å². The van der Waals surface area contributed by atoms with Crippen LogP contribution in [0.15, 0.2) is 54.6 Å². The van der Waals surface area contributed by atoms with Gasteiger partial charge in [0.15, 0.2) is 0 Å². The van der Waals surface area contributed by atoms with Crippen molar-refractivity contribution in [2.24, 2.45) is 0 Å². The van der Waals surface area contributed by atoms with E-state index in [2.05, 4.69) is 0 Å². The van der Waals surface area contributed by atoms with E-state index < -0.39 is 0 Å². The van der Waals surface area contributed by atoms with Gasteiger partial charge in [0, 0.05) is 11.1 Å². The molecule has 1 heterocycles. The van der Waals surface area contributed by atoms with Crippen LogP contribution in [-0.4, -0.2) is 17.7 Å². The van der Waals surface area contributed by atoms with Gasteiger partial charge in [-0.15, -0.1) is 0 Å². The Bertz CT molecular complexity index is 657. The Labute approximate surface area is 110 Å². The number of phenolic OH excluding ortho intramolecular Hbond substituents is 1. The van der Waals surface area contributed by atoms with Gasteiger partial charge in [-0.1, -0.05) is 48.5 Å². The zero-order valence-electron chi connectivity index (χ0n) is 10.2. The van der Waals surface area contributed by atoms with Crippen LogP contribution in [-0.2, 0) is 9.53 Å². The Morgan fingerprint density at radius 1 is 0.947 bits per heavy atom. The minimum atomic E-state index is -0.389. The zero-order chi connectivity index (χ0) is 13.2. The first kappa shape index (κ1) is 11.5. The lowest BCUT2D eigenvalue weighted by molar-refractivity contribution is -0.133. The molecule has 0 fully saturated rings. The van der Waals surface area contributed by atoms with Crippen LogP contribution in [0.25, 0.3) is 11.1 Å². The molecule has 2 aromatic rings. The second kappa shape index (κ2) is 4.61. The number of rotatable bonds is 2. The van der Waals surface area contributed by atoms with Crippen LogP contribution in [0.4, 0.5) is 0 Å². The summed E-state index contributed by atoms with van der Waals surface area (Å²) in [5.74, 6) is -0.301. The van der Waals surface area contributed by atoms with Crippen molar-refractivity contribution < 1.29 is 14.6 Å². The Kier molecular flexibility index (Phi) is 2.80. The van der Waals surface area contributed by atoms with Crippen LogP contribution in [0.3, 0.4) is 0 Å². The molecule has 0 bridgehead atoms. The van der Waals surface area contributed by atoms with Crippen molar-refractivity contribution in [3.8, 4) is 5.75 Å². The smallest absolute Gasteiger partial charge is 0.339 e. The summed E-state index contributed by atoms with van der Waals surface area (Å²) in [4.78, 5) is 11.9. The van der Waals surface area contributed by atoms with Gasteiger partial charge in [0.25, 0.3) is 0 Å². The van der Waals surface area contributed by atoms with E-state index in [1.54, 1.807) is 24.3 Å². The van der Waals surface area contributed by atoms with Crippen LogP contribution in [0.1, 0.15) is 11.1 Å². The summed E-state index contributed by atoms with van der Waals surface area (Å²) >= 11 is 0. The molecule has 19 heavy (non-hydrogen) atoms. The van der Waals surface area contributed by atoms with Gasteiger partial charge in [-0.05, 0) is 11.6 Å². The first-order valence-electron chi connectivity index (χ1n) is 6.01. The highest BCUT2D eigenvalue weighted by molar-refractivity contribution is 6.27. The lowest BCUT2D eigenvalue weighted by atomic mass is 9.96. The van der Waals surface area contributed by atoms with Gasteiger partial charge in [-0.25, -0.2) is 4.79 Å². The van der Waals surface area contributed by atoms with Crippen molar-refractivity contribution in [2.75, 3.05) is 6.61 Å². The summed E-state index contributed by atoms with van der Waals surface area (Å²) < 4.78 is 5.12. The van der Waals surface area contributed by atoms with Crippen LogP contribution in [0.5, 0.6) is 5.75 Å². The number of benzene rings is 2. The van der Waals surface area contributed by atoms with E-state index in [0.717, 1.165) is 11.1 Å². The number of ether oxygens (including phenoxy) is 1. The molecule has 0 unspecified atom stereocenters. The number of aromatic hydroxyl groups is 1. The summed E-state index contributed by atoms with van der Waals surface area (Å²) in [6.07, 6.45) is 0. The number of carbonyl (C=O) groups is 1. The minimum Gasteiger partial charge on any atom is -0.507 e. The predicted molar refractivity (Wildman–Crippen MR) is 72.3 cm³/mol. The third-order valence-corrected chi connectivity index (χ3v) is 3.15. The molecular weight excluding hydrogens is 240 g/mol. The molecule has 1 aliphatic heterocycles. The molecule has 1 aliphatic rings. The average molecular weight is 252 g/mol. The predicted octanol–water partition coefficient (Wildman–Crippen LogP) is 2.86. The van der Waals surface area contributed by atoms with Crippen molar-refractivity contribution in [3.63, 3.8) is 0 Å². The first-order chi connectivity index (χ1) is 9.27. The van der Waals surface area contributed by atoms with Gasteiger partial charge in [0.2, 0.25) is 0 Å². The highest BCUT2D eigenvalue weighted by Crippen LogP contribution is 2.36. The quantitative estimate of drug-likeness (QED) is 0.836. The van der Waals surface area contributed by atoms with Crippen LogP contribution in [0, 0.1) is 0 Å². The summed E-state index contributed by atoms with van der Waals surface area (Å²) in [6, 6.07) is 16.4. The van der Waals surface area contributed by atoms with E-state index in [0.29, 0.717) is 11.1 Å². The number of hydrogen-bond donors (Lipinski definition) is 1. The SMILES string of the molecule is O=C1OCC(c2ccccc2)=C1c1ccccc1O. The standard InChI is InChI=1S/C16H12O3/c17-14-9-5-4-8-12(14)15-13(10-19-16(15)18)11-6-2-1-3-7-11/h1-9,17H,10H2. The highest BCUT2D eigenvalue weighted by atomic mass is 16.5. The number of cyclic esters (lactones) is 1. The van der Waals surface area contributed by atoms with Crippen molar-refractivity contribution in [2.45, 2.75) is 0 Å². The van der Waals surface area contributed by atoms with Gasteiger partial charge < -0.3 is 9.84 Å². The highest BCUT2D eigenvalue weighted by Gasteiger charge is 2.28. The van der Waals surface area contributed by atoms with E-state index in [4.69, 9.17) is 4.74 Å². The van der Waals surface area contributed by atoms with Gasteiger partial charge in [0.05, 0.1) is 5.57 Å². The molecule has 3 heteroatoms. The summed E-state index contributed by atoms with van der Waals surface area (Å²) in [6.45, 7) is 0.243. The normalized spacial score (nSPS) is 14.6. The zero-order valence-corrected chi connectivity index (χ0v) is 10.2. The molecule has 0 spiro atoms. The maximum Gasteiger partial charge on any atom is 0.339 e. The van der Waals surface area contributed by atoms with Gasteiger partial charge in [-0.3, -0.25) is 0 Å². The molecule has 3 rings (SSSR count). The molecule has 0 aromatic heterocycles.